The van der Waals surface area contributed by atoms with Crippen LogP contribution in [0.5, 0.6) is 0 Å². The quantitative estimate of drug-likeness (QED) is 0.711. The van der Waals surface area contributed by atoms with E-state index in [0.717, 1.165) is 55.8 Å². The fraction of sp³-hybridized carbons (Fsp3) is 0.524. The molecular weight excluding hydrogens is 374 g/mol. The van der Waals surface area contributed by atoms with Crippen LogP contribution in [-0.4, -0.2) is 43.8 Å². The van der Waals surface area contributed by atoms with E-state index < -0.39 is 15.9 Å². The van der Waals surface area contributed by atoms with Gasteiger partial charge in [-0.25, -0.2) is 23.5 Å². The molecule has 151 valence electrons. The second-order valence-electron chi connectivity index (χ2n) is 7.63. The summed E-state index contributed by atoms with van der Waals surface area (Å²) in [5.74, 6) is 0.819. The molecule has 0 amide bonds. The van der Waals surface area contributed by atoms with Gasteiger partial charge in [0.1, 0.15) is 0 Å². The highest BCUT2D eigenvalue weighted by atomic mass is 32.2. The monoisotopic (exact) mass is 402 g/mol. The summed E-state index contributed by atoms with van der Waals surface area (Å²) >= 11 is 0. The van der Waals surface area contributed by atoms with E-state index in [4.69, 9.17) is 0 Å². The van der Waals surface area contributed by atoms with E-state index in [1.54, 1.807) is 18.2 Å². The van der Waals surface area contributed by atoms with Crippen LogP contribution in [0.3, 0.4) is 0 Å². The van der Waals surface area contributed by atoms with Gasteiger partial charge in [-0.3, -0.25) is 0 Å². The standard InChI is InChI=1S/C21H28N3O3S/c1-3-5-17-14-22-21(23-15-17)24-10-8-18(9-11-24)20(25)13-16-6-4-7-19(12-16)28(2,26)27/h4,6-7,12,14-15,18,20H,3,5,8-11,13H2,1-2H3/t20-/m0/s1. The number of benzene rings is 1. The molecule has 2 heterocycles. The summed E-state index contributed by atoms with van der Waals surface area (Å²) in [6.45, 7) is 3.69. The van der Waals surface area contributed by atoms with Gasteiger partial charge in [0.05, 0.1) is 11.0 Å². The molecule has 1 aromatic carbocycles. The van der Waals surface area contributed by atoms with Crippen molar-refractivity contribution in [1.82, 2.24) is 9.97 Å². The van der Waals surface area contributed by atoms with E-state index in [0.29, 0.717) is 6.42 Å². The zero-order chi connectivity index (χ0) is 20.1. The van der Waals surface area contributed by atoms with Crippen LogP contribution in [0.25, 0.3) is 0 Å². The molecule has 1 saturated heterocycles. The van der Waals surface area contributed by atoms with Crippen LogP contribution < -0.4 is 4.90 Å². The second kappa shape index (κ2) is 9.01. The largest absolute Gasteiger partial charge is 0.341 e. The molecule has 28 heavy (non-hydrogen) atoms. The number of rotatable bonds is 7. The van der Waals surface area contributed by atoms with Crippen molar-refractivity contribution >= 4 is 15.8 Å². The van der Waals surface area contributed by atoms with E-state index >= 15 is 0 Å². The van der Waals surface area contributed by atoms with Crippen molar-refractivity contribution in [3.8, 4) is 0 Å². The third-order valence-electron chi connectivity index (χ3n) is 5.34. The van der Waals surface area contributed by atoms with E-state index in [1.165, 1.54) is 6.26 Å². The van der Waals surface area contributed by atoms with Gasteiger partial charge in [0, 0.05) is 38.2 Å². The molecule has 1 atom stereocenters. The van der Waals surface area contributed by atoms with E-state index in [2.05, 4.69) is 21.8 Å². The minimum atomic E-state index is -3.25. The van der Waals surface area contributed by atoms with Gasteiger partial charge in [-0.15, -0.1) is 0 Å². The van der Waals surface area contributed by atoms with Crippen LogP contribution in [0.4, 0.5) is 5.95 Å². The smallest absolute Gasteiger partial charge is 0.225 e. The first-order valence-electron chi connectivity index (χ1n) is 9.87. The highest BCUT2D eigenvalue weighted by molar-refractivity contribution is 7.90. The molecular formula is C21H28N3O3S. The van der Waals surface area contributed by atoms with Crippen molar-refractivity contribution < 1.29 is 13.5 Å². The first-order chi connectivity index (χ1) is 13.4. The second-order valence-corrected chi connectivity index (χ2v) is 9.64. The Kier molecular flexibility index (Phi) is 6.67. The third-order valence-corrected chi connectivity index (χ3v) is 6.45. The molecule has 6 nitrogen and oxygen atoms in total. The van der Waals surface area contributed by atoms with Crippen molar-refractivity contribution in [2.75, 3.05) is 24.2 Å². The minimum absolute atomic E-state index is 0.0810. The number of anilines is 1. The molecule has 1 aliphatic heterocycles. The van der Waals surface area contributed by atoms with Gasteiger partial charge in [-0.2, -0.15) is 0 Å². The molecule has 1 aromatic heterocycles. The summed E-state index contributed by atoms with van der Waals surface area (Å²) < 4.78 is 23.4. The number of piperidine rings is 1. The van der Waals surface area contributed by atoms with Gasteiger partial charge < -0.3 is 4.90 Å². The number of hydrogen-bond acceptors (Lipinski definition) is 5. The molecule has 7 heteroatoms. The molecule has 3 rings (SSSR count). The van der Waals surface area contributed by atoms with E-state index in [9.17, 15) is 13.5 Å². The molecule has 2 aromatic rings. The maximum absolute atomic E-state index is 12.8. The summed E-state index contributed by atoms with van der Waals surface area (Å²) in [6.07, 6.45) is 8.27. The SMILES string of the molecule is CCCc1cnc(N2CCC([C@@H]([O])Cc3cccc(S(C)(=O)=O)c3)CC2)nc1. The third kappa shape index (κ3) is 5.29. The molecule has 0 bridgehead atoms. The zero-order valence-electron chi connectivity index (χ0n) is 16.5. The Labute approximate surface area is 167 Å². The van der Waals surface area contributed by atoms with Gasteiger partial charge in [-0.05, 0) is 48.4 Å². The number of sulfone groups is 1. The fourth-order valence-corrected chi connectivity index (χ4v) is 4.39. The lowest BCUT2D eigenvalue weighted by Crippen LogP contribution is -2.39. The molecule has 0 aliphatic carbocycles. The molecule has 1 aliphatic rings. The van der Waals surface area contributed by atoms with Crippen LogP contribution in [-0.2, 0) is 27.8 Å². The van der Waals surface area contributed by atoms with Gasteiger partial charge >= 0.3 is 0 Å². The van der Waals surface area contributed by atoms with E-state index in [-0.39, 0.29) is 10.8 Å². The Bertz CT molecular complexity index is 876. The summed E-state index contributed by atoms with van der Waals surface area (Å²) in [4.78, 5) is 11.4. The van der Waals surface area contributed by atoms with Gasteiger partial charge in [0.15, 0.2) is 9.84 Å². The number of aryl methyl sites for hydroxylation is 1. The van der Waals surface area contributed by atoms with Gasteiger partial charge in [-0.1, -0.05) is 25.5 Å². The Hall–Kier alpha value is -1.99. The first-order valence-corrected chi connectivity index (χ1v) is 11.8. The fourth-order valence-electron chi connectivity index (χ4n) is 3.70. The van der Waals surface area contributed by atoms with Crippen LogP contribution >= 0.6 is 0 Å². The summed E-state index contributed by atoms with van der Waals surface area (Å²) in [6, 6.07) is 6.74. The molecule has 1 radical (unpaired) electrons. The van der Waals surface area contributed by atoms with Gasteiger partial charge in [0.2, 0.25) is 5.95 Å². The molecule has 0 saturated carbocycles. The highest BCUT2D eigenvalue weighted by Gasteiger charge is 2.27. The number of hydrogen-bond donors (Lipinski definition) is 0. The van der Waals surface area contributed by atoms with Crippen molar-refractivity contribution in [2.45, 2.75) is 50.0 Å². The Morgan fingerprint density at radius 3 is 2.43 bits per heavy atom. The summed E-state index contributed by atoms with van der Waals surface area (Å²) in [5, 5.41) is 12.8. The molecule has 1 fully saturated rings. The van der Waals surface area contributed by atoms with Crippen molar-refractivity contribution in [1.29, 1.82) is 0 Å². The van der Waals surface area contributed by atoms with Crippen molar-refractivity contribution in [3.05, 3.63) is 47.8 Å². The summed E-state index contributed by atoms with van der Waals surface area (Å²) in [7, 11) is -3.25. The van der Waals surface area contributed by atoms with Crippen LogP contribution in [0, 0.1) is 5.92 Å². The molecule has 0 N–H and O–H groups in total. The maximum atomic E-state index is 12.8. The Morgan fingerprint density at radius 2 is 1.82 bits per heavy atom. The number of aromatic nitrogens is 2. The predicted molar refractivity (Wildman–Crippen MR) is 109 cm³/mol. The lowest BCUT2D eigenvalue weighted by atomic mass is 9.88. The predicted octanol–water partition coefficient (Wildman–Crippen LogP) is 3.09. The summed E-state index contributed by atoms with van der Waals surface area (Å²) in [5.41, 5.74) is 1.94. The molecule has 0 spiro atoms. The van der Waals surface area contributed by atoms with Crippen LogP contribution in [0.1, 0.15) is 37.3 Å². The Balaban J connectivity index is 1.56. The first kappa shape index (κ1) is 20.7. The maximum Gasteiger partial charge on any atom is 0.225 e. The van der Waals surface area contributed by atoms with Gasteiger partial charge in [0.25, 0.3) is 0 Å². The van der Waals surface area contributed by atoms with Crippen LogP contribution in [0.15, 0.2) is 41.6 Å². The number of nitrogens with zero attached hydrogens (tertiary/aromatic N) is 3. The topological polar surface area (TPSA) is 83.1 Å². The van der Waals surface area contributed by atoms with Crippen molar-refractivity contribution in [3.63, 3.8) is 0 Å². The Morgan fingerprint density at radius 1 is 1.14 bits per heavy atom. The zero-order valence-corrected chi connectivity index (χ0v) is 17.4. The highest BCUT2D eigenvalue weighted by Crippen LogP contribution is 2.26. The lowest BCUT2D eigenvalue weighted by Gasteiger charge is -2.33. The average molecular weight is 403 g/mol. The molecule has 0 unspecified atom stereocenters. The normalized spacial score (nSPS) is 16.9. The lowest BCUT2D eigenvalue weighted by molar-refractivity contribution is 0.0270. The minimum Gasteiger partial charge on any atom is -0.341 e. The van der Waals surface area contributed by atoms with E-state index in [1.807, 2.05) is 18.5 Å². The van der Waals surface area contributed by atoms with Crippen molar-refractivity contribution in [2.24, 2.45) is 5.92 Å². The van der Waals surface area contributed by atoms with Crippen LogP contribution in [0.2, 0.25) is 0 Å². The average Bonchev–Trinajstić information content (AvgIpc) is 2.68.